The number of rotatable bonds is 0. The summed E-state index contributed by atoms with van der Waals surface area (Å²) in [7, 11) is 0. The van der Waals surface area contributed by atoms with Crippen LogP contribution in [0.1, 0.15) is 0 Å². The Morgan fingerprint density at radius 3 is 2.36 bits per heavy atom. The second-order valence-electron chi connectivity index (χ2n) is 2.55. The minimum absolute atomic E-state index is 0.0191. The molecule has 0 amide bonds. The van der Waals surface area contributed by atoms with Crippen molar-refractivity contribution < 1.29 is 0 Å². The van der Waals surface area contributed by atoms with Gasteiger partial charge in [0.2, 0.25) is 0 Å². The molecule has 1 aliphatic carbocycles. The topological polar surface area (TPSA) is 47.6 Å². The van der Waals surface area contributed by atoms with E-state index in [9.17, 15) is 0 Å². The SMILES string of the molecule is N#CC1=C(Cl)C=C(Cl)C(Cl)(C#N)C1Cl. The molecule has 6 heteroatoms. The summed E-state index contributed by atoms with van der Waals surface area (Å²) in [4.78, 5) is -1.60. The zero-order chi connectivity index (χ0) is 10.9. The molecule has 0 radical (unpaired) electrons. The van der Waals surface area contributed by atoms with E-state index in [2.05, 4.69) is 0 Å². The van der Waals surface area contributed by atoms with Gasteiger partial charge in [-0.15, -0.1) is 11.6 Å². The van der Waals surface area contributed by atoms with Crippen molar-refractivity contribution in [2.24, 2.45) is 0 Å². The van der Waals surface area contributed by atoms with Crippen LogP contribution in [0, 0.1) is 22.7 Å². The molecule has 1 aliphatic rings. The van der Waals surface area contributed by atoms with Crippen molar-refractivity contribution >= 4 is 46.4 Å². The van der Waals surface area contributed by atoms with E-state index in [1.54, 1.807) is 12.1 Å². The van der Waals surface area contributed by atoms with Crippen LogP contribution in [-0.2, 0) is 0 Å². The van der Waals surface area contributed by atoms with Gasteiger partial charge >= 0.3 is 0 Å². The fraction of sp³-hybridized carbons (Fsp3) is 0.250. The Kier molecular flexibility index (Phi) is 3.35. The maximum absolute atomic E-state index is 8.82. The predicted molar refractivity (Wildman–Crippen MR) is 56.3 cm³/mol. The zero-order valence-electron chi connectivity index (χ0n) is 6.56. The van der Waals surface area contributed by atoms with Gasteiger partial charge in [-0.05, 0) is 6.08 Å². The van der Waals surface area contributed by atoms with Crippen LogP contribution in [0.5, 0.6) is 0 Å². The molecule has 72 valence electrons. The number of allylic oxidation sites excluding steroid dienone is 4. The third-order valence-corrected chi connectivity index (χ3v) is 3.72. The number of halogens is 4. The Balaban J connectivity index is 3.36. The van der Waals surface area contributed by atoms with Gasteiger partial charge in [-0.2, -0.15) is 10.5 Å². The highest BCUT2D eigenvalue weighted by Crippen LogP contribution is 2.43. The van der Waals surface area contributed by atoms with E-state index in [-0.39, 0.29) is 15.6 Å². The van der Waals surface area contributed by atoms with Gasteiger partial charge in [0.1, 0.15) is 5.38 Å². The van der Waals surface area contributed by atoms with Crippen molar-refractivity contribution in [2.75, 3.05) is 0 Å². The highest BCUT2D eigenvalue weighted by Gasteiger charge is 2.45. The van der Waals surface area contributed by atoms with Gasteiger partial charge in [0.25, 0.3) is 0 Å². The number of alkyl halides is 2. The molecule has 0 saturated carbocycles. The molecular weight excluding hydrogens is 266 g/mol. The van der Waals surface area contributed by atoms with Crippen molar-refractivity contribution in [3.63, 3.8) is 0 Å². The summed E-state index contributed by atoms with van der Waals surface area (Å²) in [5, 5.41) is 16.6. The molecular formula is C8H2Cl4N2. The van der Waals surface area contributed by atoms with E-state index in [0.29, 0.717) is 0 Å². The molecule has 0 aliphatic heterocycles. The van der Waals surface area contributed by atoms with Crippen molar-refractivity contribution in [3.8, 4) is 12.1 Å². The molecule has 0 bridgehead atoms. The summed E-state index contributed by atoms with van der Waals surface area (Å²) in [5.74, 6) is 0. The Morgan fingerprint density at radius 1 is 1.36 bits per heavy atom. The first kappa shape index (κ1) is 11.7. The number of nitriles is 2. The van der Waals surface area contributed by atoms with Crippen molar-refractivity contribution in [3.05, 3.63) is 21.7 Å². The summed E-state index contributed by atoms with van der Waals surface area (Å²) in [6, 6.07) is 3.54. The van der Waals surface area contributed by atoms with Gasteiger partial charge in [-0.1, -0.05) is 34.8 Å². The van der Waals surface area contributed by atoms with Crippen molar-refractivity contribution in [1.82, 2.24) is 0 Å². The average molecular weight is 268 g/mol. The Bertz CT molecular complexity index is 412. The molecule has 2 atom stereocenters. The lowest BCUT2D eigenvalue weighted by atomic mass is 9.94. The molecule has 0 fully saturated rings. The first-order chi connectivity index (χ1) is 6.47. The van der Waals surface area contributed by atoms with Crippen molar-refractivity contribution in [2.45, 2.75) is 10.3 Å². The Morgan fingerprint density at radius 2 is 1.93 bits per heavy atom. The zero-order valence-corrected chi connectivity index (χ0v) is 9.58. The Hall–Kier alpha value is -0.380. The molecule has 1 rings (SSSR count). The van der Waals surface area contributed by atoms with E-state index < -0.39 is 10.3 Å². The van der Waals surface area contributed by atoms with Gasteiger partial charge in [-0.3, -0.25) is 0 Å². The van der Waals surface area contributed by atoms with Gasteiger partial charge in [0.05, 0.1) is 27.8 Å². The molecule has 0 saturated heterocycles. The van der Waals surface area contributed by atoms with E-state index in [0.717, 1.165) is 0 Å². The smallest absolute Gasteiger partial charge is 0.187 e. The van der Waals surface area contributed by atoms with Crippen LogP contribution < -0.4 is 0 Å². The summed E-state index contributed by atoms with van der Waals surface area (Å²) >= 11 is 23.1. The fourth-order valence-corrected chi connectivity index (χ4v) is 2.14. The third-order valence-electron chi connectivity index (χ3n) is 1.74. The van der Waals surface area contributed by atoms with Crippen LogP contribution in [0.15, 0.2) is 21.7 Å². The molecule has 0 heterocycles. The molecule has 0 aromatic heterocycles. The number of hydrogen-bond acceptors (Lipinski definition) is 2. The quantitative estimate of drug-likeness (QED) is 0.633. The van der Waals surface area contributed by atoms with E-state index in [1.165, 1.54) is 6.08 Å². The molecule has 2 unspecified atom stereocenters. The van der Waals surface area contributed by atoms with Gasteiger partial charge in [-0.25, -0.2) is 0 Å². The third kappa shape index (κ3) is 1.60. The van der Waals surface area contributed by atoms with Crippen LogP contribution in [-0.4, -0.2) is 10.3 Å². The normalized spacial score (nSPS) is 31.9. The number of nitrogens with zero attached hydrogens (tertiary/aromatic N) is 2. The fourth-order valence-electron chi connectivity index (χ4n) is 0.955. The van der Waals surface area contributed by atoms with Crippen LogP contribution >= 0.6 is 46.4 Å². The number of hydrogen-bond donors (Lipinski definition) is 0. The average Bonchev–Trinajstić information content (AvgIpc) is 2.15. The summed E-state index contributed by atoms with van der Waals surface area (Å²) in [6.45, 7) is 0. The highest BCUT2D eigenvalue weighted by molar-refractivity contribution is 6.47. The van der Waals surface area contributed by atoms with E-state index in [4.69, 9.17) is 56.9 Å². The summed E-state index contributed by atoms with van der Waals surface area (Å²) in [5.41, 5.74) is 0.0503. The predicted octanol–water partition coefficient (Wildman–Crippen LogP) is 3.25. The minimum atomic E-state index is -1.60. The lowest BCUT2D eigenvalue weighted by Crippen LogP contribution is -2.35. The standard InChI is InChI=1S/C8H2Cl4N2/c9-5-1-6(10)8(12,3-14)7(11)4(5)2-13/h1,7H. The minimum Gasteiger partial charge on any atom is -0.196 e. The van der Waals surface area contributed by atoms with Gasteiger partial charge in [0.15, 0.2) is 4.87 Å². The molecule has 14 heavy (non-hydrogen) atoms. The largest absolute Gasteiger partial charge is 0.196 e. The van der Waals surface area contributed by atoms with Crippen LogP contribution in [0.4, 0.5) is 0 Å². The van der Waals surface area contributed by atoms with Crippen molar-refractivity contribution in [1.29, 1.82) is 10.5 Å². The highest BCUT2D eigenvalue weighted by atomic mass is 35.5. The van der Waals surface area contributed by atoms with Gasteiger partial charge < -0.3 is 0 Å². The lowest BCUT2D eigenvalue weighted by Gasteiger charge is -2.27. The molecule has 0 aromatic carbocycles. The maximum atomic E-state index is 8.82. The Labute approximate surface area is 101 Å². The summed E-state index contributed by atoms with van der Waals surface area (Å²) in [6.07, 6.45) is 1.26. The monoisotopic (exact) mass is 266 g/mol. The second-order valence-corrected chi connectivity index (χ2v) is 4.40. The summed E-state index contributed by atoms with van der Waals surface area (Å²) < 4.78 is 0. The van der Waals surface area contributed by atoms with Gasteiger partial charge in [0, 0.05) is 0 Å². The maximum Gasteiger partial charge on any atom is 0.187 e. The van der Waals surface area contributed by atoms with Crippen LogP contribution in [0.2, 0.25) is 0 Å². The van der Waals surface area contributed by atoms with Crippen LogP contribution in [0.3, 0.4) is 0 Å². The molecule has 2 nitrogen and oxygen atoms in total. The van der Waals surface area contributed by atoms with E-state index in [1.807, 2.05) is 0 Å². The molecule has 0 aromatic rings. The molecule has 0 N–H and O–H groups in total. The second kappa shape index (κ2) is 4.01. The first-order valence-electron chi connectivity index (χ1n) is 3.39. The van der Waals surface area contributed by atoms with Crippen LogP contribution in [0.25, 0.3) is 0 Å². The lowest BCUT2D eigenvalue weighted by molar-refractivity contribution is 0.846. The first-order valence-corrected chi connectivity index (χ1v) is 4.96. The van der Waals surface area contributed by atoms with E-state index >= 15 is 0 Å². The molecule has 0 spiro atoms.